The molecule has 1 fully saturated rings. The first-order valence-electron chi connectivity index (χ1n) is 4.05. The van der Waals surface area contributed by atoms with Crippen molar-refractivity contribution in [3.05, 3.63) is 17.5 Å². The Kier molecular flexibility index (Phi) is 1.39. The molecule has 1 unspecified atom stereocenters. The molecular weight excluding hydrogens is 176 g/mol. The fourth-order valence-electron chi connectivity index (χ4n) is 1.61. The molecule has 5 heteroatoms. The van der Waals surface area contributed by atoms with E-state index < -0.39 is 11.5 Å². The van der Waals surface area contributed by atoms with Gasteiger partial charge in [0, 0.05) is 13.5 Å². The van der Waals surface area contributed by atoms with Gasteiger partial charge in [0.25, 0.3) is 5.92 Å². The summed E-state index contributed by atoms with van der Waals surface area (Å²) in [4.78, 5) is 0. The van der Waals surface area contributed by atoms with Crippen LogP contribution in [0.5, 0.6) is 0 Å². The molecule has 1 atom stereocenters. The summed E-state index contributed by atoms with van der Waals surface area (Å²) < 4.78 is 27.2. The topological polar surface area (TPSA) is 43.8 Å². The molecule has 0 aliphatic heterocycles. The average Bonchev–Trinajstić information content (AvgIpc) is 2.34. The van der Waals surface area contributed by atoms with E-state index in [4.69, 9.17) is 5.73 Å². The van der Waals surface area contributed by atoms with Gasteiger partial charge in [-0.2, -0.15) is 5.10 Å². The van der Waals surface area contributed by atoms with E-state index in [2.05, 4.69) is 5.10 Å². The molecule has 1 aliphatic carbocycles. The SMILES string of the molecule is Cc1cc(C2(N)CC2(F)F)n(C)n1. The third-order valence-electron chi connectivity index (χ3n) is 2.49. The Morgan fingerprint density at radius 2 is 2.15 bits per heavy atom. The van der Waals surface area contributed by atoms with Crippen LogP contribution >= 0.6 is 0 Å². The van der Waals surface area contributed by atoms with E-state index in [1.165, 1.54) is 4.68 Å². The first-order valence-corrected chi connectivity index (χ1v) is 4.05. The standard InChI is InChI=1S/C8H11F2N3/c1-5-3-6(13(2)12-5)7(11)4-8(7,9)10/h3H,4,11H2,1-2H3. The molecule has 0 radical (unpaired) electrons. The van der Waals surface area contributed by atoms with Gasteiger partial charge in [-0.25, -0.2) is 8.78 Å². The Morgan fingerprint density at radius 3 is 2.46 bits per heavy atom. The lowest BCUT2D eigenvalue weighted by Gasteiger charge is -2.09. The van der Waals surface area contributed by atoms with Crippen molar-refractivity contribution >= 4 is 0 Å². The minimum atomic E-state index is -2.77. The molecule has 1 saturated carbocycles. The number of aryl methyl sites for hydroxylation is 2. The molecule has 0 bridgehead atoms. The lowest BCUT2D eigenvalue weighted by molar-refractivity contribution is 0.0871. The molecular formula is C8H11F2N3. The second-order valence-electron chi connectivity index (χ2n) is 3.65. The number of nitrogens with zero attached hydrogens (tertiary/aromatic N) is 2. The molecule has 2 rings (SSSR count). The van der Waals surface area contributed by atoms with Crippen LogP contribution in [0.25, 0.3) is 0 Å². The molecule has 0 amide bonds. The van der Waals surface area contributed by atoms with Gasteiger partial charge in [0.1, 0.15) is 5.54 Å². The number of halogens is 2. The third kappa shape index (κ3) is 0.997. The van der Waals surface area contributed by atoms with Gasteiger partial charge in [-0.3, -0.25) is 4.68 Å². The van der Waals surface area contributed by atoms with Gasteiger partial charge < -0.3 is 5.73 Å². The normalized spacial score (nSPS) is 30.5. The highest BCUT2D eigenvalue weighted by Gasteiger charge is 2.71. The Balaban J connectivity index is 2.43. The van der Waals surface area contributed by atoms with E-state index >= 15 is 0 Å². The maximum absolute atomic E-state index is 12.9. The quantitative estimate of drug-likeness (QED) is 0.710. The van der Waals surface area contributed by atoms with E-state index in [1.807, 2.05) is 0 Å². The lowest BCUT2D eigenvalue weighted by atomic mass is 10.2. The van der Waals surface area contributed by atoms with Gasteiger partial charge in [0.2, 0.25) is 0 Å². The molecule has 0 spiro atoms. The average molecular weight is 187 g/mol. The van der Waals surface area contributed by atoms with Crippen molar-refractivity contribution in [1.82, 2.24) is 9.78 Å². The summed E-state index contributed by atoms with van der Waals surface area (Å²) in [6.07, 6.45) is -0.279. The van der Waals surface area contributed by atoms with Crippen LogP contribution in [-0.2, 0) is 12.6 Å². The highest BCUT2D eigenvalue weighted by Crippen LogP contribution is 2.57. The molecule has 2 N–H and O–H groups in total. The van der Waals surface area contributed by atoms with Crippen molar-refractivity contribution in [3.63, 3.8) is 0 Å². The van der Waals surface area contributed by atoms with Crippen molar-refractivity contribution in [2.24, 2.45) is 12.8 Å². The second-order valence-corrected chi connectivity index (χ2v) is 3.65. The first-order chi connectivity index (χ1) is 5.87. The Labute approximate surface area is 74.5 Å². The van der Waals surface area contributed by atoms with Crippen LogP contribution in [0.1, 0.15) is 17.8 Å². The summed E-state index contributed by atoms with van der Waals surface area (Å²) in [6, 6.07) is 1.61. The number of nitrogens with two attached hydrogens (primary N) is 1. The van der Waals surface area contributed by atoms with Crippen molar-refractivity contribution in [2.75, 3.05) is 0 Å². The van der Waals surface area contributed by atoms with Crippen LogP contribution < -0.4 is 5.73 Å². The summed E-state index contributed by atoms with van der Waals surface area (Å²) in [5, 5.41) is 3.99. The van der Waals surface area contributed by atoms with Crippen LogP contribution in [0, 0.1) is 6.92 Å². The Bertz CT molecular complexity index is 358. The van der Waals surface area contributed by atoms with Gasteiger partial charge in [-0.1, -0.05) is 0 Å². The van der Waals surface area contributed by atoms with Crippen molar-refractivity contribution in [1.29, 1.82) is 0 Å². The van der Waals surface area contributed by atoms with Gasteiger partial charge in [0.15, 0.2) is 0 Å². The number of hydrogen-bond donors (Lipinski definition) is 1. The van der Waals surface area contributed by atoms with Crippen molar-refractivity contribution < 1.29 is 8.78 Å². The van der Waals surface area contributed by atoms with E-state index in [0.29, 0.717) is 11.4 Å². The minimum absolute atomic E-state index is 0.279. The number of rotatable bonds is 1. The highest BCUT2D eigenvalue weighted by atomic mass is 19.3. The Hall–Kier alpha value is -0.970. The molecule has 1 aromatic rings. The van der Waals surface area contributed by atoms with Crippen LogP contribution in [0.4, 0.5) is 8.78 Å². The van der Waals surface area contributed by atoms with E-state index in [-0.39, 0.29) is 6.42 Å². The molecule has 1 aromatic heterocycles. The molecule has 72 valence electrons. The van der Waals surface area contributed by atoms with Gasteiger partial charge in [-0.05, 0) is 13.0 Å². The molecule has 1 aliphatic rings. The summed E-state index contributed by atoms with van der Waals surface area (Å²) in [6.45, 7) is 1.76. The van der Waals surface area contributed by atoms with E-state index in [0.717, 1.165) is 0 Å². The van der Waals surface area contributed by atoms with Crippen LogP contribution in [0.15, 0.2) is 6.07 Å². The zero-order chi connectivity index (χ0) is 9.85. The smallest absolute Gasteiger partial charge is 0.273 e. The molecule has 13 heavy (non-hydrogen) atoms. The zero-order valence-corrected chi connectivity index (χ0v) is 7.51. The van der Waals surface area contributed by atoms with Gasteiger partial charge in [0.05, 0.1) is 11.4 Å². The maximum atomic E-state index is 12.9. The minimum Gasteiger partial charge on any atom is -0.315 e. The summed E-state index contributed by atoms with van der Waals surface area (Å²) >= 11 is 0. The summed E-state index contributed by atoms with van der Waals surface area (Å²) in [7, 11) is 1.63. The third-order valence-corrected chi connectivity index (χ3v) is 2.49. The van der Waals surface area contributed by atoms with E-state index in [9.17, 15) is 8.78 Å². The van der Waals surface area contributed by atoms with Gasteiger partial charge in [-0.15, -0.1) is 0 Å². The zero-order valence-electron chi connectivity index (χ0n) is 7.51. The predicted molar refractivity (Wildman–Crippen MR) is 43.4 cm³/mol. The second kappa shape index (κ2) is 2.09. The summed E-state index contributed by atoms with van der Waals surface area (Å²) in [5.74, 6) is -2.77. The number of alkyl halides is 2. The lowest BCUT2D eigenvalue weighted by Crippen LogP contribution is -2.29. The fraction of sp³-hybridized carbons (Fsp3) is 0.625. The highest BCUT2D eigenvalue weighted by molar-refractivity contribution is 5.31. The van der Waals surface area contributed by atoms with Crippen LogP contribution in [0.2, 0.25) is 0 Å². The van der Waals surface area contributed by atoms with E-state index in [1.54, 1.807) is 20.0 Å². The number of hydrogen-bond acceptors (Lipinski definition) is 2. The maximum Gasteiger partial charge on any atom is 0.273 e. The Morgan fingerprint density at radius 1 is 1.62 bits per heavy atom. The molecule has 0 saturated heterocycles. The van der Waals surface area contributed by atoms with Crippen LogP contribution in [0.3, 0.4) is 0 Å². The van der Waals surface area contributed by atoms with Crippen molar-refractivity contribution in [3.8, 4) is 0 Å². The van der Waals surface area contributed by atoms with Crippen molar-refractivity contribution in [2.45, 2.75) is 24.8 Å². The first kappa shape index (κ1) is 8.62. The molecule has 0 aromatic carbocycles. The summed E-state index contributed by atoms with van der Waals surface area (Å²) in [5.41, 5.74) is 5.19. The fourth-order valence-corrected chi connectivity index (χ4v) is 1.61. The molecule has 3 nitrogen and oxygen atoms in total. The van der Waals surface area contributed by atoms with Gasteiger partial charge >= 0.3 is 0 Å². The largest absolute Gasteiger partial charge is 0.315 e. The number of aromatic nitrogens is 2. The monoisotopic (exact) mass is 187 g/mol. The van der Waals surface area contributed by atoms with Crippen LogP contribution in [-0.4, -0.2) is 15.7 Å². The predicted octanol–water partition coefficient (Wildman–Crippen LogP) is 0.922. The molecule has 1 heterocycles.